The minimum atomic E-state index is -0.104. The van der Waals surface area contributed by atoms with Crippen LogP contribution in [0.25, 0.3) is 0 Å². The van der Waals surface area contributed by atoms with E-state index in [9.17, 15) is 4.79 Å². The summed E-state index contributed by atoms with van der Waals surface area (Å²) in [4.78, 5) is 10.6. The van der Waals surface area contributed by atoms with Gasteiger partial charge in [0.15, 0.2) is 0 Å². The Kier molecular flexibility index (Phi) is 4.68. The number of rotatable bonds is 2. The van der Waals surface area contributed by atoms with E-state index < -0.39 is 0 Å². The molecule has 84 valence electrons. The predicted molar refractivity (Wildman–Crippen MR) is 63.6 cm³/mol. The highest BCUT2D eigenvalue weighted by Crippen LogP contribution is 2.21. The van der Waals surface area contributed by atoms with Crippen molar-refractivity contribution in [3.05, 3.63) is 28.8 Å². The van der Waals surface area contributed by atoms with Gasteiger partial charge < -0.3 is 10.1 Å². The van der Waals surface area contributed by atoms with E-state index in [1.807, 2.05) is 0 Å². The Hall–Kier alpha value is -1.66. The van der Waals surface area contributed by atoms with Crippen molar-refractivity contribution in [2.24, 2.45) is 0 Å². The highest BCUT2D eigenvalue weighted by molar-refractivity contribution is 6.30. The van der Waals surface area contributed by atoms with Crippen LogP contribution in [0.4, 0.5) is 0 Å². The number of halogens is 1. The van der Waals surface area contributed by atoms with Crippen molar-refractivity contribution in [2.75, 3.05) is 13.7 Å². The van der Waals surface area contributed by atoms with Crippen molar-refractivity contribution in [1.29, 1.82) is 0 Å². The number of benzene rings is 1. The van der Waals surface area contributed by atoms with Crippen molar-refractivity contribution >= 4 is 17.5 Å². The molecule has 16 heavy (non-hydrogen) atoms. The Morgan fingerprint density at radius 3 is 2.94 bits per heavy atom. The second-order valence-electron chi connectivity index (χ2n) is 3.06. The molecule has 0 heterocycles. The zero-order valence-corrected chi connectivity index (χ0v) is 9.89. The number of methoxy groups -OCH3 is 1. The number of hydrogen-bond donors (Lipinski definition) is 1. The molecule has 0 aliphatic carbocycles. The lowest BCUT2D eigenvalue weighted by Gasteiger charge is -2.02. The molecule has 1 aromatic rings. The van der Waals surface area contributed by atoms with E-state index in [2.05, 4.69) is 17.2 Å². The van der Waals surface area contributed by atoms with Crippen LogP contribution in [0.3, 0.4) is 0 Å². The van der Waals surface area contributed by atoms with Gasteiger partial charge in [0.1, 0.15) is 5.75 Å². The fraction of sp³-hybridized carbons (Fsp3) is 0.250. The number of carbonyl (C=O) groups is 1. The second kappa shape index (κ2) is 6.04. The van der Waals surface area contributed by atoms with Gasteiger partial charge >= 0.3 is 0 Å². The molecule has 1 amide bonds. The summed E-state index contributed by atoms with van der Waals surface area (Å²) in [7, 11) is 1.57. The molecule has 3 nitrogen and oxygen atoms in total. The van der Waals surface area contributed by atoms with Crippen LogP contribution in [0.15, 0.2) is 18.2 Å². The Labute approximate surface area is 99.7 Å². The molecule has 0 unspecified atom stereocenters. The molecule has 0 fully saturated rings. The van der Waals surface area contributed by atoms with Gasteiger partial charge in [-0.25, -0.2) is 0 Å². The summed E-state index contributed by atoms with van der Waals surface area (Å²) < 4.78 is 5.13. The highest BCUT2D eigenvalue weighted by atomic mass is 35.5. The van der Waals surface area contributed by atoms with Crippen LogP contribution in [0.5, 0.6) is 5.75 Å². The number of hydrogen-bond acceptors (Lipinski definition) is 2. The Morgan fingerprint density at radius 1 is 1.56 bits per heavy atom. The van der Waals surface area contributed by atoms with Crippen LogP contribution in [0.1, 0.15) is 12.5 Å². The summed E-state index contributed by atoms with van der Waals surface area (Å²) in [6.07, 6.45) is 0. The molecule has 1 N–H and O–H groups in total. The Morgan fingerprint density at radius 2 is 2.31 bits per heavy atom. The first-order valence-electron chi connectivity index (χ1n) is 4.70. The van der Waals surface area contributed by atoms with Gasteiger partial charge in [-0.2, -0.15) is 0 Å². The zero-order valence-electron chi connectivity index (χ0n) is 9.13. The van der Waals surface area contributed by atoms with Crippen molar-refractivity contribution in [1.82, 2.24) is 5.32 Å². The van der Waals surface area contributed by atoms with Crippen LogP contribution >= 0.6 is 11.6 Å². The number of ether oxygens (including phenoxy) is 1. The van der Waals surface area contributed by atoms with Crippen molar-refractivity contribution < 1.29 is 9.53 Å². The van der Waals surface area contributed by atoms with Gasteiger partial charge in [0.2, 0.25) is 5.91 Å². The zero-order chi connectivity index (χ0) is 12.0. The first-order valence-corrected chi connectivity index (χ1v) is 5.08. The summed E-state index contributed by atoms with van der Waals surface area (Å²) >= 11 is 5.84. The molecular weight excluding hydrogens is 226 g/mol. The normalized spacial score (nSPS) is 8.94. The first-order chi connectivity index (χ1) is 7.63. The van der Waals surface area contributed by atoms with E-state index in [0.29, 0.717) is 22.9 Å². The van der Waals surface area contributed by atoms with Gasteiger partial charge in [0.05, 0.1) is 19.2 Å². The third-order valence-electron chi connectivity index (χ3n) is 1.81. The average Bonchev–Trinajstić information content (AvgIpc) is 2.24. The van der Waals surface area contributed by atoms with E-state index in [0.717, 1.165) is 0 Å². The highest BCUT2D eigenvalue weighted by Gasteiger charge is 1.99. The Bertz CT molecular complexity index is 446. The van der Waals surface area contributed by atoms with E-state index >= 15 is 0 Å². The molecule has 1 aromatic carbocycles. The summed E-state index contributed by atoms with van der Waals surface area (Å²) in [5.41, 5.74) is 0.709. The molecular formula is C12H12ClNO2. The smallest absolute Gasteiger partial charge is 0.217 e. The molecule has 4 heteroatoms. The summed E-state index contributed by atoms with van der Waals surface area (Å²) in [5, 5.41) is 3.18. The monoisotopic (exact) mass is 237 g/mol. The van der Waals surface area contributed by atoms with Gasteiger partial charge in [-0.05, 0) is 18.2 Å². The summed E-state index contributed by atoms with van der Waals surface area (Å²) in [5.74, 6) is 6.26. The fourth-order valence-electron chi connectivity index (χ4n) is 1.09. The van der Waals surface area contributed by atoms with Crippen LogP contribution in [-0.2, 0) is 4.79 Å². The molecule has 1 rings (SSSR count). The average molecular weight is 238 g/mol. The standard InChI is InChI=1S/C12H12ClNO2/c1-9(15)14-7-3-4-10-8-11(13)5-6-12(10)16-2/h5-6,8H,7H2,1-2H3,(H,14,15). The molecule has 0 saturated carbocycles. The number of nitrogens with one attached hydrogen (secondary N) is 1. The molecule has 0 saturated heterocycles. The van der Waals surface area contributed by atoms with Crippen LogP contribution in [0.2, 0.25) is 5.02 Å². The lowest BCUT2D eigenvalue weighted by atomic mass is 10.2. The summed E-state index contributed by atoms with van der Waals surface area (Å²) in [6, 6.07) is 5.21. The van der Waals surface area contributed by atoms with Crippen molar-refractivity contribution in [3.8, 4) is 17.6 Å². The molecule has 0 aliphatic heterocycles. The maximum Gasteiger partial charge on any atom is 0.217 e. The summed E-state index contributed by atoms with van der Waals surface area (Å²) in [6.45, 7) is 1.76. The molecule has 0 radical (unpaired) electrons. The van der Waals surface area contributed by atoms with Gasteiger partial charge in [-0.15, -0.1) is 0 Å². The molecule has 0 aliphatic rings. The maximum absolute atomic E-state index is 10.6. The minimum Gasteiger partial charge on any atom is -0.495 e. The SMILES string of the molecule is COc1ccc(Cl)cc1C#CCNC(C)=O. The molecule has 0 aromatic heterocycles. The van der Waals surface area contributed by atoms with E-state index in [4.69, 9.17) is 16.3 Å². The fourth-order valence-corrected chi connectivity index (χ4v) is 1.26. The van der Waals surface area contributed by atoms with Crippen molar-refractivity contribution in [2.45, 2.75) is 6.92 Å². The van der Waals surface area contributed by atoms with Gasteiger partial charge in [0, 0.05) is 11.9 Å². The lowest BCUT2D eigenvalue weighted by Crippen LogP contribution is -2.19. The van der Waals surface area contributed by atoms with Gasteiger partial charge in [-0.1, -0.05) is 23.4 Å². The number of amides is 1. The number of carbonyl (C=O) groups excluding carboxylic acids is 1. The largest absolute Gasteiger partial charge is 0.495 e. The molecule has 0 spiro atoms. The third-order valence-corrected chi connectivity index (χ3v) is 2.05. The molecule has 0 bridgehead atoms. The lowest BCUT2D eigenvalue weighted by molar-refractivity contribution is -0.118. The minimum absolute atomic E-state index is 0.104. The predicted octanol–water partition coefficient (Wildman–Crippen LogP) is 1.84. The van der Waals surface area contributed by atoms with Crippen LogP contribution < -0.4 is 10.1 Å². The van der Waals surface area contributed by atoms with Gasteiger partial charge in [-0.3, -0.25) is 4.79 Å². The van der Waals surface area contributed by atoms with E-state index in [1.54, 1.807) is 25.3 Å². The van der Waals surface area contributed by atoms with Crippen LogP contribution in [0, 0.1) is 11.8 Å². The molecule has 0 atom stereocenters. The van der Waals surface area contributed by atoms with Crippen molar-refractivity contribution in [3.63, 3.8) is 0 Å². The quantitative estimate of drug-likeness (QED) is 0.797. The topological polar surface area (TPSA) is 38.3 Å². The van der Waals surface area contributed by atoms with E-state index in [-0.39, 0.29) is 5.91 Å². The van der Waals surface area contributed by atoms with Gasteiger partial charge in [0.25, 0.3) is 0 Å². The first kappa shape index (κ1) is 12.4. The Balaban J connectivity index is 2.78. The van der Waals surface area contributed by atoms with E-state index in [1.165, 1.54) is 6.92 Å². The van der Waals surface area contributed by atoms with Crippen LogP contribution in [-0.4, -0.2) is 19.6 Å². The third kappa shape index (κ3) is 3.84. The maximum atomic E-state index is 10.6. The second-order valence-corrected chi connectivity index (χ2v) is 3.49.